The number of ether oxygens (including phenoxy) is 1. The number of carbonyl (C=O) groups excluding carboxylic acids is 1. The van der Waals surface area contributed by atoms with Crippen molar-refractivity contribution in [1.29, 1.82) is 0 Å². The molecule has 1 aliphatic carbocycles. The summed E-state index contributed by atoms with van der Waals surface area (Å²) in [7, 11) is 0. The maximum Gasteiger partial charge on any atom is 0.343 e. The van der Waals surface area contributed by atoms with Crippen molar-refractivity contribution in [3.05, 3.63) is 38.7 Å². The number of fused-ring (bicyclic) bond motifs is 1. The zero-order chi connectivity index (χ0) is 17.3. The van der Waals surface area contributed by atoms with Crippen LogP contribution in [-0.4, -0.2) is 29.9 Å². The van der Waals surface area contributed by atoms with E-state index in [0.29, 0.717) is 14.9 Å². The van der Waals surface area contributed by atoms with Crippen LogP contribution in [0.5, 0.6) is 0 Å². The lowest BCUT2D eigenvalue weighted by Gasteiger charge is -2.05. The zero-order valence-corrected chi connectivity index (χ0v) is 15.2. The summed E-state index contributed by atoms with van der Waals surface area (Å²) in [5, 5.41) is 12.4. The lowest BCUT2D eigenvalue weighted by atomic mass is 10.2. The molecule has 0 spiro atoms. The number of nitrogens with zero attached hydrogens (tertiary/aromatic N) is 1. The van der Waals surface area contributed by atoms with Gasteiger partial charge in [-0.3, -0.25) is 4.99 Å². The summed E-state index contributed by atoms with van der Waals surface area (Å²) in [6.07, 6.45) is 3.38. The molecule has 4 nitrogen and oxygen atoms in total. The molecule has 0 bridgehead atoms. The van der Waals surface area contributed by atoms with Crippen molar-refractivity contribution < 1.29 is 14.6 Å². The first-order chi connectivity index (χ1) is 11.5. The molecular weight excluding hydrogens is 369 g/mol. The number of esters is 1. The summed E-state index contributed by atoms with van der Waals surface area (Å²) < 4.78 is 5.85. The second-order valence-electron chi connectivity index (χ2n) is 5.38. The highest BCUT2D eigenvalue weighted by atomic mass is 35.5. The Balaban J connectivity index is 2.09. The van der Waals surface area contributed by atoms with Crippen molar-refractivity contribution in [2.75, 3.05) is 6.61 Å². The average molecular weight is 384 g/mol. The monoisotopic (exact) mass is 383 g/mol. The predicted octanol–water partition coefficient (Wildman–Crippen LogP) is 5.27. The molecule has 1 aliphatic rings. The van der Waals surface area contributed by atoms with E-state index in [2.05, 4.69) is 4.99 Å². The molecule has 0 saturated heterocycles. The van der Waals surface area contributed by atoms with Crippen LogP contribution < -0.4 is 0 Å². The third kappa shape index (κ3) is 3.58. The Hall–Kier alpha value is -1.56. The van der Waals surface area contributed by atoms with Crippen LogP contribution in [0.15, 0.2) is 28.8 Å². The van der Waals surface area contributed by atoms with Crippen LogP contribution in [0.25, 0.3) is 15.8 Å². The normalized spacial score (nSPS) is 15.8. The summed E-state index contributed by atoms with van der Waals surface area (Å²) in [6, 6.07) is 5.51. The molecule has 0 aliphatic heterocycles. The number of thiophene rings is 1. The van der Waals surface area contributed by atoms with Gasteiger partial charge in [0.25, 0.3) is 0 Å². The quantitative estimate of drug-likeness (QED) is 0.331. The van der Waals surface area contributed by atoms with Gasteiger partial charge in [0.05, 0.1) is 22.5 Å². The van der Waals surface area contributed by atoms with Gasteiger partial charge in [0.15, 0.2) is 0 Å². The fraction of sp³-hybridized carbons (Fsp3) is 0.294. The van der Waals surface area contributed by atoms with E-state index in [0.717, 1.165) is 22.9 Å². The molecule has 0 unspecified atom stereocenters. The van der Waals surface area contributed by atoms with Crippen molar-refractivity contribution in [1.82, 2.24) is 0 Å². The topological polar surface area (TPSA) is 58.9 Å². The van der Waals surface area contributed by atoms with Gasteiger partial charge in [-0.15, -0.1) is 11.3 Å². The third-order valence-electron chi connectivity index (χ3n) is 3.52. The molecule has 126 valence electrons. The maximum absolute atomic E-state index is 12.2. The molecule has 1 N–H and O–H groups in total. The highest BCUT2D eigenvalue weighted by molar-refractivity contribution is 7.20. The summed E-state index contributed by atoms with van der Waals surface area (Å²) in [5.41, 5.74) is 0.0169. The van der Waals surface area contributed by atoms with Crippen molar-refractivity contribution >= 4 is 62.6 Å². The number of aliphatic hydroxyl groups excluding tert-OH is 1. The number of aliphatic hydroxyl groups is 1. The molecule has 7 heteroatoms. The second-order valence-corrected chi connectivity index (χ2v) is 7.24. The van der Waals surface area contributed by atoms with Gasteiger partial charge >= 0.3 is 5.97 Å². The Labute approximate surface area is 153 Å². The molecule has 1 heterocycles. The smallest absolute Gasteiger partial charge is 0.343 e. The number of rotatable bonds is 5. The number of carbonyl (C=O) groups is 1. The fourth-order valence-electron chi connectivity index (χ4n) is 2.14. The Morgan fingerprint density at radius 2 is 2.21 bits per heavy atom. The first-order valence-corrected chi connectivity index (χ1v) is 9.10. The lowest BCUT2D eigenvalue weighted by Crippen LogP contribution is -2.11. The first-order valence-electron chi connectivity index (χ1n) is 7.52. The third-order valence-corrected chi connectivity index (χ3v) is 5.42. The molecule has 1 aromatic heterocycles. The van der Waals surface area contributed by atoms with Gasteiger partial charge in [-0.25, -0.2) is 4.79 Å². The highest BCUT2D eigenvalue weighted by Gasteiger charge is 2.24. The van der Waals surface area contributed by atoms with E-state index >= 15 is 0 Å². The van der Waals surface area contributed by atoms with Crippen molar-refractivity contribution in [2.24, 2.45) is 4.99 Å². The lowest BCUT2D eigenvalue weighted by molar-refractivity contribution is -0.137. The van der Waals surface area contributed by atoms with E-state index in [4.69, 9.17) is 27.9 Å². The van der Waals surface area contributed by atoms with Crippen molar-refractivity contribution in [3.63, 3.8) is 0 Å². The van der Waals surface area contributed by atoms with Gasteiger partial charge in [0, 0.05) is 21.3 Å². The molecule has 0 amide bonds. The molecule has 24 heavy (non-hydrogen) atoms. The average Bonchev–Trinajstić information content (AvgIpc) is 3.31. The Morgan fingerprint density at radius 1 is 1.46 bits per heavy atom. The Morgan fingerprint density at radius 3 is 2.88 bits per heavy atom. The van der Waals surface area contributed by atoms with Crippen LogP contribution in [0.2, 0.25) is 10.0 Å². The largest absolute Gasteiger partial charge is 0.505 e. The van der Waals surface area contributed by atoms with Crippen LogP contribution in [0.4, 0.5) is 0 Å². The molecule has 1 fully saturated rings. The molecular formula is C17H15Cl2NO3S. The van der Waals surface area contributed by atoms with Crippen molar-refractivity contribution in [3.8, 4) is 0 Å². The highest BCUT2D eigenvalue weighted by Crippen LogP contribution is 2.40. The van der Waals surface area contributed by atoms with Crippen LogP contribution in [0.3, 0.4) is 0 Å². The summed E-state index contributed by atoms with van der Waals surface area (Å²) >= 11 is 13.6. The van der Waals surface area contributed by atoms with E-state index in [-0.39, 0.29) is 24.0 Å². The molecule has 1 aromatic carbocycles. The van der Waals surface area contributed by atoms with E-state index < -0.39 is 5.97 Å². The van der Waals surface area contributed by atoms with Crippen LogP contribution >= 0.6 is 34.5 Å². The summed E-state index contributed by atoms with van der Waals surface area (Å²) in [4.78, 5) is 16.9. The molecule has 0 atom stereocenters. The SMILES string of the molecule is CCOC(=O)/C(C=NC1CC1)=C(/O)c1sc2cc(Cl)ccc2c1Cl. The second kappa shape index (κ2) is 7.13. The number of hydrogen-bond donors (Lipinski definition) is 1. The Kier molecular flexibility index (Phi) is 5.13. The van der Waals surface area contributed by atoms with E-state index in [1.165, 1.54) is 17.6 Å². The summed E-state index contributed by atoms with van der Waals surface area (Å²) in [6.45, 7) is 1.92. The standard InChI is InChI=1S/C17H15Cl2NO3S/c1-2-23-17(22)12(8-20-10-4-5-10)15(21)16-14(19)11-6-3-9(18)7-13(11)24-16/h3,6-8,10,21H,2,4-5H2,1H3/b15-12+,20-8?. The van der Waals surface area contributed by atoms with Gasteiger partial charge in [-0.1, -0.05) is 29.3 Å². The van der Waals surface area contributed by atoms with Crippen LogP contribution in [0.1, 0.15) is 24.6 Å². The van der Waals surface area contributed by atoms with E-state index in [1.807, 2.05) is 0 Å². The molecule has 1 saturated carbocycles. The molecule has 2 aromatic rings. The van der Waals surface area contributed by atoms with Gasteiger partial charge in [0.1, 0.15) is 11.3 Å². The van der Waals surface area contributed by atoms with Gasteiger partial charge in [0.2, 0.25) is 0 Å². The van der Waals surface area contributed by atoms with Gasteiger partial charge in [-0.05, 0) is 31.9 Å². The number of benzene rings is 1. The predicted molar refractivity (Wildman–Crippen MR) is 99.5 cm³/mol. The zero-order valence-electron chi connectivity index (χ0n) is 12.9. The molecule has 3 rings (SSSR count). The maximum atomic E-state index is 12.2. The van der Waals surface area contributed by atoms with Crippen molar-refractivity contribution in [2.45, 2.75) is 25.8 Å². The van der Waals surface area contributed by atoms with E-state index in [1.54, 1.807) is 25.1 Å². The Bertz CT molecular complexity index is 853. The van der Waals surface area contributed by atoms with Crippen LogP contribution in [-0.2, 0) is 9.53 Å². The van der Waals surface area contributed by atoms with Gasteiger partial charge in [-0.2, -0.15) is 0 Å². The number of halogens is 2. The minimum atomic E-state index is -0.619. The molecule has 0 radical (unpaired) electrons. The van der Waals surface area contributed by atoms with Gasteiger partial charge < -0.3 is 9.84 Å². The van der Waals surface area contributed by atoms with Crippen LogP contribution in [0, 0.1) is 0 Å². The number of hydrogen-bond acceptors (Lipinski definition) is 5. The van der Waals surface area contributed by atoms with E-state index in [9.17, 15) is 9.90 Å². The number of aliphatic imine (C=N–C) groups is 1. The first kappa shape index (κ1) is 17.3. The minimum absolute atomic E-state index is 0.0169. The minimum Gasteiger partial charge on any atom is -0.505 e. The summed E-state index contributed by atoms with van der Waals surface area (Å²) in [5.74, 6) is -0.842. The fourth-order valence-corrected chi connectivity index (χ4v) is 3.89.